The van der Waals surface area contributed by atoms with Gasteiger partial charge in [0, 0.05) is 12.6 Å². The number of rotatable bonds is 3. The summed E-state index contributed by atoms with van der Waals surface area (Å²) in [6.07, 6.45) is 3.72. The quantitative estimate of drug-likeness (QED) is 0.938. The van der Waals surface area contributed by atoms with Crippen LogP contribution in [0.5, 0.6) is 0 Å². The summed E-state index contributed by atoms with van der Waals surface area (Å²) in [4.78, 5) is 4.36. The van der Waals surface area contributed by atoms with Gasteiger partial charge in [0.15, 0.2) is 0 Å². The molecular weight excluding hydrogens is 269 g/mol. The highest BCUT2D eigenvalue weighted by Crippen LogP contribution is 2.39. The van der Waals surface area contributed by atoms with Crippen molar-refractivity contribution >= 4 is 17.0 Å². The number of anilines is 1. The number of imidazole rings is 1. The molecule has 0 amide bonds. The van der Waals surface area contributed by atoms with E-state index in [0.29, 0.717) is 12.6 Å². The summed E-state index contributed by atoms with van der Waals surface area (Å²) in [6, 6.07) is 4.84. The van der Waals surface area contributed by atoms with Gasteiger partial charge in [-0.05, 0) is 43.9 Å². The van der Waals surface area contributed by atoms with Crippen molar-refractivity contribution in [2.75, 3.05) is 12.3 Å². The number of ether oxygens (including phenoxy) is 1. The average Bonchev–Trinajstić information content (AvgIpc) is 2.82. The van der Waals surface area contributed by atoms with Gasteiger partial charge >= 0.3 is 0 Å². The first-order chi connectivity index (χ1) is 10.1. The highest BCUT2D eigenvalue weighted by atomic mass is 19.1. The van der Waals surface area contributed by atoms with Gasteiger partial charge in [-0.15, -0.1) is 0 Å². The number of aromatic nitrogens is 2. The second-order valence-electron chi connectivity index (χ2n) is 5.86. The number of hydrogen-bond donors (Lipinski definition) is 1. The third-order valence-electron chi connectivity index (χ3n) is 4.80. The highest BCUT2D eigenvalue weighted by molar-refractivity contribution is 5.78. The number of nitrogen functional groups attached to an aromatic ring is 1. The highest BCUT2D eigenvalue weighted by Gasteiger charge is 2.36. The summed E-state index contributed by atoms with van der Waals surface area (Å²) in [5.41, 5.74) is 7.52. The van der Waals surface area contributed by atoms with Gasteiger partial charge in [0.1, 0.15) is 5.82 Å². The molecule has 0 radical (unpaired) electrons. The monoisotopic (exact) mass is 291 g/mol. The van der Waals surface area contributed by atoms with Gasteiger partial charge in [0.2, 0.25) is 5.95 Å². The summed E-state index contributed by atoms with van der Waals surface area (Å²) < 4.78 is 21.6. The third-order valence-corrected chi connectivity index (χ3v) is 4.80. The van der Waals surface area contributed by atoms with Gasteiger partial charge < -0.3 is 15.0 Å². The van der Waals surface area contributed by atoms with E-state index in [2.05, 4.69) is 18.8 Å². The molecule has 0 saturated carbocycles. The summed E-state index contributed by atoms with van der Waals surface area (Å²) in [7, 11) is 0. The Labute approximate surface area is 124 Å². The Morgan fingerprint density at radius 2 is 2.19 bits per heavy atom. The van der Waals surface area contributed by atoms with Crippen molar-refractivity contribution in [1.82, 2.24) is 9.55 Å². The molecule has 3 rings (SSSR count). The molecule has 2 N–H and O–H groups in total. The minimum atomic E-state index is -0.257. The fourth-order valence-corrected chi connectivity index (χ4v) is 3.43. The molecule has 1 unspecified atom stereocenters. The van der Waals surface area contributed by atoms with E-state index in [1.807, 2.05) is 4.57 Å². The Morgan fingerprint density at radius 1 is 1.43 bits per heavy atom. The van der Waals surface area contributed by atoms with Crippen molar-refractivity contribution in [2.24, 2.45) is 0 Å². The zero-order chi connectivity index (χ0) is 15.0. The van der Waals surface area contributed by atoms with E-state index in [-0.39, 0.29) is 17.5 Å². The van der Waals surface area contributed by atoms with Crippen molar-refractivity contribution in [3.05, 3.63) is 24.0 Å². The average molecular weight is 291 g/mol. The van der Waals surface area contributed by atoms with Crippen LogP contribution in [0, 0.1) is 5.82 Å². The molecule has 0 bridgehead atoms. The maximum Gasteiger partial charge on any atom is 0.201 e. The standard InChI is InChI=1S/C16H22FN3O/c1-3-16(4-2)10-12(7-8-21-16)20-14-9-11(17)5-6-13(14)19-15(20)18/h5-6,9,12H,3-4,7-8,10H2,1-2H3,(H2,18,19). The molecule has 1 saturated heterocycles. The molecule has 1 aliphatic heterocycles. The normalized spacial score (nSPS) is 21.8. The Morgan fingerprint density at radius 3 is 2.90 bits per heavy atom. The zero-order valence-corrected chi connectivity index (χ0v) is 12.6. The van der Waals surface area contributed by atoms with Crippen molar-refractivity contribution in [3.8, 4) is 0 Å². The maximum absolute atomic E-state index is 13.6. The van der Waals surface area contributed by atoms with Crippen LogP contribution in [0.1, 0.15) is 45.6 Å². The molecule has 114 valence electrons. The second kappa shape index (κ2) is 5.30. The van der Waals surface area contributed by atoms with E-state index in [1.165, 1.54) is 12.1 Å². The van der Waals surface area contributed by atoms with E-state index in [1.54, 1.807) is 6.07 Å². The fourth-order valence-electron chi connectivity index (χ4n) is 3.43. The van der Waals surface area contributed by atoms with Crippen molar-refractivity contribution in [3.63, 3.8) is 0 Å². The minimum Gasteiger partial charge on any atom is -0.375 e. The van der Waals surface area contributed by atoms with Crippen molar-refractivity contribution < 1.29 is 9.13 Å². The molecule has 1 aromatic carbocycles. The zero-order valence-electron chi connectivity index (χ0n) is 12.6. The molecule has 5 heteroatoms. The van der Waals surface area contributed by atoms with Crippen LogP contribution in [0.15, 0.2) is 18.2 Å². The molecule has 1 aromatic heterocycles. The van der Waals surface area contributed by atoms with Crippen LogP contribution >= 0.6 is 0 Å². The SMILES string of the molecule is CCC1(CC)CC(n2c(N)nc3ccc(F)cc32)CCO1. The number of fused-ring (bicyclic) bond motifs is 1. The number of hydrogen-bond acceptors (Lipinski definition) is 3. The van der Waals surface area contributed by atoms with Crippen LogP contribution in [0.2, 0.25) is 0 Å². The van der Waals surface area contributed by atoms with Crippen molar-refractivity contribution in [2.45, 2.75) is 51.2 Å². The fraction of sp³-hybridized carbons (Fsp3) is 0.562. The molecule has 1 atom stereocenters. The van der Waals surface area contributed by atoms with Crippen LogP contribution < -0.4 is 5.73 Å². The first-order valence-corrected chi connectivity index (χ1v) is 7.65. The van der Waals surface area contributed by atoms with E-state index in [4.69, 9.17) is 10.5 Å². The van der Waals surface area contributed by atoms with Gasteiger partial charge in [-0.1, -0.05) is 13.8 Å². The van der Waals surface area contributed by atoms with E-state index in [9.17, 15) is 4.39 Å². The smallest absolute Gasteiger partial charge is 0.201 e. The summed E-state index contributed by atoms with van der Waals surface area (Å²) in [5.74, 6) is 0.205. The lowest BCUT2D eigenvalue weighted by Gasteiger charge is -2.40. The lowest BCUT2D eigenvalue weighted by atomic mass is 9.85. The van der Waals surface area contributed by atoms with Crippen LogP contribution in [0.4, 0.5) is 10.3 Å². The minimum absolute atomic E-state index is 0.0979. The first kappa shape index (κ1) is 14.3. The Kier molecular flexibility index (Phi) is 3.61. The number of benzene rings is 1. The number of halogens is 1. The molecule has 0 spiro atoms. The van der Waals surface area contributed by atoms with Crippen LogP contribution in [-0.4, -0.2) is 21.8 Å². The van der Waals surface area contributed by atoms with Gasteiger partial charge in [-0.3, -0.25) is 0 Å². The Bertz CT molecular complexity index is 648. The lowest BCUT2D eigenvalue weighted by molar-refractivity contribution is -0.0979. The topological polar surface area (TPSA) is 53.1 Å². The summed E-state index contributed by atoms with van der Waals surface area (Å²) in [5, 5.41) is 0. The summed E-state index contributed by atoms with van der Waals surface area (Å²) in [6.45, 7) is 5.02. The Balaban J connectivity index is 2.03. The first-order valence-electron chi connectivity index (χ1n) is 7.65. The number of nitrogens with zero attached hydrogens (tertiary/aromatic N) is 2. The molecule has 0 aliphatic carbocycles. The van der Waals surface area contributed by atoms with Gasteiger partial charge in [0.05, 0.1) is 16.6 Å². The molecule has 1 aliphatic rings. The van der Waals surface area contributed by atoms with E-state index < -0.39 is 0 Å². The molecule has 21 heavy (non-hydrogen) atoms. The molecule has 1 fully saturated rings. The van der Waals surface area contributed by atoms with Gasteiger partial charge in [-0.2, -0.15) is 0 Å². The van der Waals surface area contributed by atoms with Crippen LogP contribution in [0.25, 0.3) is 11.0 Å². The predicted molar refractivity (Wildman–Crippen MR) is 81.6 cm³/mol. The van der Waals surface area contributed by atoms with Gasteiger partial charge in [-0.25, -0.2) is 9.37 Å². The molecule has 4 nitrogen and oxygen atoms in total. The van der Waals surface area contributed by atoms with Gasteiger partial charge in [0.25, 0.3) is 0 Å². The molecule has 2 heterocycles. The van der Waals surface area contributed by atoms with Crippen molar-refractivity contribution in [1.29, 1.82) is 0 Å². The summed E-state index contributed by atoms with van der Waals surface area (Å²) >= 11 is 0. The van der Waals surface area contributed by atoms with E-state index in [0.717, 1.165) is 36.7 Å². The largest absolute Gasteiger partial charge is 0.375 e. The lowest BCUT2D eigenvalue weighted by Crippen LogP contribution is -2.39. The van der Waals surface area contributed by atoms with Crippen LogP contribution in [-0.2, 0) is 4.74 Å². The predicted octanol–water partition coefficient (Wildman–Crippen LogP) is 3.67. The Hall–Kier alpha value is -1.62. The number of nitrogens with two attached hydrogens (primary N) is 1. The molecular formula is C16H22FN3O. The van der Waals surface area contributed by atoms with E-state index >= 15 is 0 Å². The third kappa shape index (κ3) is 2.39. The second-order valence-corrected chi connectivity index (χ2v) is 5.86. The molecule has 2 aromatic rings. The van der Waals surface area contributed by atoms with Crippen LogP contribution in [0.3, 0.4) is 0 Å². The maximum atomic E-state index is 13.6.